The third kappa shape index (κ3) is 9.35. The van der Waals surface area contributed by atoms with Crippen molar-refractivity contribution in [2.45, 2.75) is 13.3 Å². The largest absolute Gasteiger partial charge is 0.479 e. The van der Waals surface area contributed by atoms with Gasteiger partial charge in [-0.15, -0.1) is 0 Å². The number of hydrogen-bond donors (Lipinski definition) is 2. The number of carboxylic acids is 1. The summed E-state index contributed by atoms with van der Waals surface area (Å²) in [5, 5.41) is 8.15. The van der Waals surface area contributed by atoms with Gasteiger partial charge in [0, 0.05) is 13.2 Å². The molecule has 0 fully saturated rings. The third-order valence-electron chi connectivity index (χ3n) is 0.973. The Morgan fingerprint density at radius 3 is 3.00 bits per heavy atom. The van der Waals surface area contributed by atoms with Crippen molar-refractivity contribution in [3.05, 3.63) is 6.54 Å². The number of hydrogen-bond acceptors (Lipinski definition) is 4. The highest BCUT2D eigenvalue weighted by Crippen LogP contribution is 1.84. The maximum absolute atomic E-state index is 9.93. The number of rotatable bonds is 8. The van der Waals surface area contributed by atoms with Crippen LogP contribution in [0.3, 0.4) is 0 Å². The van der Waals surface area contributed by atoms with Crippen LogP contribution in [0.4, 0.5) is 0 Å². The van der Waals surface area contributed by atoms with Crippen molar-refractivity contribution in [3.8, 4) is 0 Å². The molecule has 0 spiro atoms. The summed E-state index contributed by atoms with van der Waals surface area (Å²) in [6.07, 6.45) is 0.688. The van der Waals surface area contributed by atoms with Crippen LogP contribution in [0.15, 0.2) is 0 Å². The van der Waals surface area contributed by atoms with E-state index in [1.807, 2.05) is 6.92 Å². The van der Waals surface area contributed by atoms with Crippen LogP contribution in [0.2, 0.25) is 0 Å². The molecule has 5 heteroatoms. The van der Waals surface area contributed by atoms with Gasteiger partial charge >= 0.3 is 5.97 Å². The van der Waals surface area contributed by atoms with Gasteiger partial charge < -0.3 is 9.84 Å². The van der Waals surface area contributed by atoms with Gasteiger partial charge in [-0.25, -0.2) is 4.79 Å². The van der Waals surface area contributed by atoms with Crippen LogP contribution in [0.25, 0.3) is 0 Å². The smallest absolute Gasteiger partial charge is 0.331 e. The van der Waals surface area contributed by atoms with Crippen LogP contribution in [0, 0.1) is 6.54 Å². The van der Waals surface area contributed by atoms with Gasteiger partial charge in [-0.05, 0) is 13.3 Å². The Labute approximate surface area is 71.6 Å². The maximum atomic E-state index is 9.93. The molecule has 0 saturated carbocycles. The van der Waals surface area contributed by atoms with Gasteiger partial charge in [0.05, 0.1) is 6.54 Å². The summed E-state index contributed by atoms with van der Waals surface area (Å²) in [7, 11) is 0. The summed E-state index contributed by atoms with van der Waals surface area (Å²) >= 11 is 0. The zero-order valence-electron chi connectivity index (χ0n) is 7.08. The predicted octanol–water partition coefficient (Wildman–Crippen LogP) is 0.181. The number of carboxylic acid groups (broad SMARTS) is 1. The van der Waals surface area contributed by atoms with Crippen molar-refractivity contribution in [3.63, 3.8) is 0 Å². The van der Waals surface area contributed by atoms with Crippen LogP contribution in [-0.4, -0.2) is 30.9 Å². The van der Waals surface area contributed by atoms with E-state index < -0.39 is 5.97 Å². The summed E-state index contributed by atoms with van der Waals surface area (Å²) in [5.74, 6) is -0.999. The predicted molar refractivity (Wildman–Crippen MR) is 42.1 cm³/mol. The van der Waals surface area contributed by atoms with Gasteiger partial charge in [0.15, 0.2) is 6.61 Å². The normalized spacial score (nSPS) is 10.1. The van der Waals surface area contributed by atoms with Crippen LogP contribution in [0.1, 0.15) is 13.3 Å². The molecule has 0 bridgehead atoms. The topological polar surface area (TPSA) is 67.8 Å². The molecule has 2 N–H and O–H groups in total. The first kappa shape index (κ1) is 11.4. The van der Waals surface area contributed by atoms with Crippen molar-refractivity contribution >= 4 is 5.97 Å². The quantitative estimate of drug-likeness (QED) is 0.408. The third-order valence-corrected chi connectivity index (χ3v) is 0.973. The standard InChI is InChI=1S/C7H14NO4/c1-2-11-5-3-4-8-12-6-7(9)10/h4,8H,2-3,5-6H2,1H3,(H,9,10). The van der Waals surface area contributed by atoms with Crippen molar-refractivity contribution in [2.24, 2.45) is 0 Å². The molecule has 0 aromatic heterocycles. The lowest BCUT2D eigenvalue weighted by molar-refractivity contribution is -0.144. The second-order valence-corrected chi connectivity index (χ2v) is 1.99. The Morgan fingerprint density at radius 2 is 2.42 bits per heavy atom. The van der Waals surface area contributed by atoms with Gasteiger partial charge in [0.2, 0.25) is 0 Å². The Bertz CT molecular complexity index is 118. The summed E-state index contributed by atoms with van der Waals surface area (Å²) < 4.78 is 5.02. The Kier molecular flexibility index (Phi) is 7.99. The number of aliphatic carboxylic acids is 1. The molecule has 0 rings (SSSR count). The van der Waals surface area contributed by atoms with Gasteiger partial charge in [0.1, 0.15) is 0 Å². The van der Waals surface area contributed by atoms with Crippen molar-refractivity contribution < 1.29 is 19.5 Å². The van der Waals surface area contributed by atoms with E-state index in [0.29, 0.717) is 19.6 Å². The second-order valence-electron chi connectivity index (χ2n) is 1.99. The lowest BCUT2D eigenvalue weighted by atomic mass is 10.5. The van der Waals surface area contributed by atoms with E-state index in [1.165, 1.54) is 0 Å². The first-order valence-electron chi connectivity index (χ1n) is 3.76. The first-order chi connectivity index (χ1) is 5.77. The van der Waals surface area contributed by atoms with E-state index in [1.54, 1.807) is 6.54 Å². The molecule has 12 heavy (non-hydrogen) atoms. The fourth-order valence-electron chi connectivity index (χ4n) is 0.508. The van der Waals surface area contributed by atoms with Gasteiger partial charge in [0.25, 0.3) is 0 Å². The van der Waals surface area contributed by atoms with Crippen molar-refractivity contribution in [1.29, 1.82) is 0 Å². The molecule has 0 aliphatic heterocycles. The number of ether oxygens (including phenoxy) is 1. The first-order valence-corrected chi connectivity index (χ1v) is 3.76. The molecule has 0 aliphatic carbocycles. The zero-order valence-corrected chi connectivity index (χ0v) is 7.08. The lowest BCUT2D eigenvalue weighted by Gasteiger charge is -2.02. The molecular weight excluding hydrogens is 162 g/mol. The molecule has 0 heterocycles. The molecule has 0 amide bonds. The van der Waals surface area contributed by atoms with Gasteiger partial charge in [-0.1, -0.05) is 0 Å². The molecule has 0 aliphatic rings. The molecule has 5 nitrogen and oxygen atoms in total. The molecule has 0 saturated heterocycles. The van der Waals surface area contributed by atoms with Crippen molar-refractivity contribution in [2.75, 3.05) is 19.8 Å². The maximum Gasteiger partial charge on any atom is 0.331 e. The summed E-state index contributed by atoms with van der Waals surface area (Å²) in [4.78, 5) is 14.4. The molecule has 0 aromatic carbocycles. The van der Waals surface area contributed by atoms with Crippen LogP contribution >= 0.6 is 0 Å². The van der Waals surface area contributed by atoms with Crippen LogP contribution < -0.4 is 5.48 Å². The van der Waals surface area contributed by atoms with Gasteiger partial charge in [-0.2, -0.15) is 5.48 Å². The SMILES string of the molecule is CCOCC[CH]NOCC(=O)O. The Morgan fingerprint density at radius 1 is 1.67 bits per heavy atom. The highest BCUT2D eigenvalue weighted by Gasteiger charge is 1.94. The Balaban J connectivity index is 2.86. The molecular formula is C7H14NO4. The minimum atomic E-state index is -0.999. The minimum Gasteiger partial charge on any atom is -0.479 e. The van der Waals surface area contributed by atoms with E-state index in [9.17, 15) is 4.79 Å². The monoisotopic (exact) mass is 176 g/mol. The number of carbonyl (C=O) groups is 1. The summed E-state index contributed by atoms with van der Waals surface area (Å²) in [6, 6.07) is 0. The lowest BCUT2D eigenvalue weighted by Crippen LogP contribution is -2.18. The van der Waals surface area contributed by atoms with Crippen LogP contribution in [-0.2, 0) is 14.4 Å². The fraction of sp³-hybridized carbons (Fsp3) is 0.714. The molecule has 0 atom stereocenters. The summed E-state index contributed by atoms with van der Waals surface area (Å²) in [5.41, 5.74) is 2.39. The van der Waals surface area contributed by atoms with E-state index >= 15 is 0 Å². The fourth-order valence-corrected chi connectivity index (χ4v) is 0.508. The van der Waals surface area contributed by atoms with E-state index in [-0.39, 0.29) is 6.61 Å². The van der Waals surface area contributed by atoms with Crippen molar-refractivity contribution in [1.82, 2.24) is 5.48 Å². The summed E-state index contributed by atoms with van der Waals surface area (Å²) in [6.45, 7) is 4.47. The number of nitrogens with one attached hydrogen (secondary N) is 1. The zero-order chi connectivity index (χ0) is 9.23. The Hall–Kier alpha value is -0.650. The average molecular weight is 176 g/mol. The second kappa shape index (κ2) is 8.45. The average Bonchev–Trinajstić information content (AvgIpc) is 2.02. The van der Waals surface area contributed by atoms with E-state index in [0.717, 1.165) is 0 Å². The van der Waals surface area contributed by atoms with E-state index in [4.69, 9.17) is 9.84 Å². The minimum absolute atomic E-state index is 0.342. The highest BCUT2D eigenvalue weighted by atomic mass is 16.7. The van der Waals surface area contributed by atoms with Gasteiger partial charge in [-0.3, -0.25) is 4.84 Å². The molecule has 0 aromatic rings. The molecule has 0 unspecified atom stereocenters. The highest BCUT2D eigenvalue weighted by molar-refractivity contribution is 5.67. The molecule has 71 valence electrons. The molecule has 1 radical (unpaired) electrons. The van der Waals surface area contributed by atoms with Crippen LogP contribution in [0.5, 0.6) is 0 Å². The van der Waals surface area contributed by atoms with E-state index in [2.05, 4.69) is 10.3 Å². The number of hydroxylamine groups is 1.